The average Bonchev–Trinajstić information content (AvgIpc) is 2.94. The zero-order valence-corrected chi connectivity index (χ0v) is 23.0. The van der Waals surface area contributed by atoms with Gasteiger partial charge in [-0.15, -0.1) is 0 Å². The lowest BCUT2D eigenvalue weighted by atomic mass is 10.1. The number of piperazine rings is 1. The van der Waals surface area contributed by atoms with Crippen LogP contribution < -0.4 is 10.6 Å². The Morgan fingerprint density at radius 1 is 0.897 bits per heavy atom. The summed E-state index contributed by atoms with van der Waals surface area (Å²) in [6, 6.07) is 21.1. The molecule has 1 aliphatic heterocycles. The lowest BCUT2D eigenvalue weighted by molar-refractivity contribution is 0.0938. The summed E-state index contributed by atoms with van der Waals surface area (Å²) in [5.41, 5.74) is 3.23. The molecule has 0 unspecified atom stereocenters. The highest BCUT2D eigenvalue weighted by atomic mass is 32.2. The van der Waals surface area contributed by atoms with Gasteiger partial charge in [-0.1, -0.05) is 42.0 Å². The van der Waals surface area contributed by atoms with Crippen LogP contribution in [0.15, 0.2) is 77.7 Å². The number of benzene rings is 3. The van der Waals surface area contributed by atoms with E-state index in [9.17, 15) is 18.0 Å². The zero-order valence-electron chi connectivity index (χ0n) is 22.2. The monoisotopic (exact) mass is 550 g/mol. The van der Waals surface area contributed by atoms with E-state index in [1.807, 2.05) is 37.3 Å². The van der Waals surface area contributed by atoms with E-state index in [4.69, 9.17) is 4.74 Å². The van der Waals surface area contributed by atoms with Crippen LogP contribution in [0.2, 0.25) is 0 Å². The lowest BCUT2D eigenvalue weighted by Crippen LogP contribution is -2.48. The van der Waals surface area contributed by atoms with Crippen LogP contribution >= 0.6 is 0 Å². The first-order valence-corrected chi connectivity index (χ1v) is 14.3. The Bertz CT molecular complexity index is 1400. The highest BCUT2D eigenvalue weighted by Gasteiger charge is 2.28. The number of nitrogens with zero attached hydrogens (tertiary/aromatic N) is 2. The van der Waals surface area contributed by atoms with Gasteiger partial charge >= 0.3 is 0 Å². The molecule has 0 atom stereocenters. The molecule has 0 saturated carbocycles. The van der Waals surface area contributed by atoms with Gasteiger partial charge in [-0.25, -0.2) is 8.42 Å². The minimum Gasteiger partial charge on any atom is -0.383 e. The minimum absolute atomic E-state index is 0.291. The van der Waals surface area contributed by atoms with Crippen molar-refractivity contribution in [3.8, 4) is 0 Å². The van der Waals surface area contributed by atoms with Crippen molar-refractivity contribution in [1.82, 2.24) is 14.5 Å². The number of anilines is 1. The first-order chi connectivity index (χ1) is 18.8. The summed E-state index contributed by atoms with van der Waals surface area (Å²) in [6.45, 7) is 5.27. The van der Waals surface area contributed by atoms with Crippen LogP contribution in [0.25, 0.3) is 0 Å². The Labute approximate surface area is 229 Å². The molecule has 10 heteroatoms. The van der Waals surface area contributed by atoms with Crippen molar-refractivity contribution in [2.75, 3.05) is 51.8 Å². The van der Waals surface area contributed by atoms with Crippen LogP contribution in [0.5, 0.6) is 0 Å². The molecule has 0 aromatic heterocycles. The third-order valence-corrected chi connectivity index (χ3v) is 8.51. The van der Waals surface area contributed by atoms with E-state index in [2.05, 4.69) is 15.5 Å². The Kier molecular flexibility index (Phi) is 9.47. The number of rotatable bonds is 10. The van der Waals surface area contributed by atoms with Crippen LogP contribution in [0.4, 0.5) is 5.69 Å². The molecule has 0 bridgehead atoms. The first-order valence-electron chi connectivity index (χ1n) is 12.8. The van der Waals surface area contributed by atoms with Gasteiger partial charge < -0.3 is 15.4 Å². The van der Waals surface area contributed by atoms with E-state index in [1.165, 1.54) is 4.31 Å². The fourth-order valence-electron chi connectivity index (χ4n) is 4.40. The third kappa shape index (κ3) is 7.30. The smallest absolute Gasteiger partial charge is 0.255 e. The Morgan fingerprint density at radius 3 is 2.33 bits per heavy atom. The van der Waals surface area contributed by atoms with E-state index < -0.39 is 10.0 Å². The van der Waals surface area contributed by atoms with Crippen molar-refractivity contribution in [2.45, 2.75) is 18.4 Å². The quantitative estimate of drug-likeness (QED) is 0.376. The number of nitrogens with one attached hydrogen (secondary N) is 2. The SMILES string of the molecule is COCCNC(=O)c1ccccc1NC(=O)c1cccc(CN2CCN(S(=O)(=O)c3ccc(C)cc3)CC2)c1. The Hall–Kier alpha value is -3.57. The van der Waals surface area contributed by atoms with Gasteiger partial charge in [0.2, 0.25) is 10.0 Å². The van der Waals surface area contributed by atoms with Gasteiger partial charge in [0, 0.05) is 51.9 Å². The molecule has 1 saturated heterocycles. The third-order valence-electron chi connectivity index (χ3n) is 6.60. The molecule has 0 aliphatic carbocycles. The number of hydrogen-bond donors (Lipinski definition) is 2. The molecule has 2 N–H and O–H groups in total. The number of carbonyl (C=O) groups excluding carboxylic acids is 2. The Morgan fingerprint density at radius 2 is 1.62 bits per heavy atom. The minimum atomic E-state index is -3.52. The molecule has 1 fully saturated rings. The number of carbonyl (C=O) groups is 2. The summed E-state index contributed by atoms with van der Waals surface area (Å²) in [5, 5.41) is 5.62. The largest absolute Gasteiger partial charge is 0.383 e. The molecule has 0 spiro atoms. The predicted molar refractivity (Wildman–Crippen MR) is 150 cm³/mol. The maximum Gasteiger partial charge on any atom is 0.255 e. The van der Waals surface area contributed by atoms with E-state index >= 15 is 0 Å². The van der Waals surface area contributed by atoms with Crippen LogP contribution in [0.1, 0.15) is 31.8 Å². The molecular formula is C29H34N4O5S. The van der Waals surface area contributed by atoms with Crippen molar-refractivity contribution >= 4 is 27.5 Å². The number of hydrogen-bond acceptors (Lipinski definition) is 6. The number of aryl methyl sites for hydroxylation is 1. The molecule has 206 valence electrons. The van der Waals surface area contributed by atoms with Gasteiger partial charge in [-0.3, -0.25) is 14.5 Å². The van der Waals surface area contributed by atoms with Crippen LogP contribution in [-0.2, 0) is 21.3 Å². The molecule has 9 nitrogen and oxygen atoms in total. The predicted octanol–water partition coefficient (Wildman–Crippen LogP) is 3.13. The lowest BCUT2D eigenvalue weighted by Gasteiger charge is -2.34. The molecule has 3 aromatic rings. The van der Waals surface area contributed by atoms with Crippen LogP contribution in [0.3, 0.4) is 0 Å². The summed E-state index contributed by atoms with van der Waals surface area (Å²) in [4.78, 5) is 28.1. The van der Waals surface area contributed by atoms with E-state index in [0.29, 0.717) is 67.6 Å². The van der Waals surface area contributed by atoms with E-state index in [1.54, 1.807) is 49.6 Å². The van der Waals surface area contributed by atoms with Gasteiger partial charge in [0.1, 0.15) is 0 Å². The van der Waals surface area contributed by atoms with Gasteiger partial charge in [-0.2, -0.15) is 4.31 Å². The number of ether oxygens (including phenoxy) is 1. The van der Waals surface area contributed by atoms with Crippen LogP contribution in [-0.4, -0.2) is 75.9 Å². The molecule has 0 radical (unpaired) electrons. The van der Waals surface area contributed by atoms with E-state index in [-0.39, 0.29) is 11.8 Å². The number of amides is 2. The van der Waals surface area contributed by atoms with Crippen molar-refractivity contribution in [1.29, 1.82) is 0 Å². The van der Waals surface area contributed by atoms with Crippen molar-refractivity contribution in [3.05, 3.63) is 95.1 Å². The molecule has 4 rings (SSSR count). The summed E-state index contributed by atoms with van der Waals surface area (Å²) in [5.74, 6) is -0.608. The van der Waals surface area contributed by atoms with Crippen molar-refractivity contribution < 1.29 is 22.7 Å². The zero-order chi connectivity index (χ0) is 27.8. The Balaban J connectivity index is 1.36. The molecule has 1 heterocycles. The highest BCUT2D eigenvalue weighted by Crippen LogP contribution is 2.20. The van der Waals surface area contributed by atoms with E-state index in [0.717, 1.165) is 11.1 Å². The number of sulfonamides is 1. The average molecular weight is 551 g/mol. The molecule has 39 heavy (non-hydrogen) atoms. The summed E-state index contributed by atoms with van der Waals surface area (Å²) in [7, 11) is -1.96. The van der Waals surface area contributed by atoms with Crippen molar-refractivity contribution in [3.63, 3.8) is 0 Å². The maximum atomic E-state index is 13.1. The first kappa shape index (κ1) is 28.4. The summed E-state index contributed by atoms with van der Waals surface area (Å²) in [6.07, 6.45) is 0. The fourth-order valence-corrected chi connectivity index (χ4v) is 5.83. The normalized spacial score (nSPS) is 14.6. The summed E-state index contributed by atoms with van der Waals surface area (Å²) >= 11 is 0. The fraction of sp³-hybridized carbons (Fsp3) is 0.310. The number of methoxy groups -OCH3 is 1. The molecule has 2 amide bonds. The van der Waals surface area contributed by atoms with Crippen molar-refractivity contribution in [2.24, 2.45) is 0 Å². The summed E-state index contributed by atoms with van der Waals surface area (Å²) < 4.78 is 32.5. The molecule has 3 aromatic carbocycles. The van der Waals surface area contributed by atoms with Gasteiger partial charge in [0.25, 0.3) is 11.8 Å². The van der Waals surface area contributed by atoms with Crippen LogP contribution in [0, 0.1) is 6.92 Å². The second-order valence-electron chi connectivity index (χ2n) is 9.44. The molecule has 1 aliphatic rings. The molecular weight excluding hydrogens is 516 g/mol. The number of para-hydroxylation sites is 1. The second-order valence-corrected chi connectivity index (χ2v) is 11.4. The highest BCUT2D eigenvalue weighted by molar-refractivity contribution is 7.89. The van der Waals surface area contributed by atoms with Gasteiger partial charge in [0.15, 0.2) is 0 Å². The standard InChI is InChI=1S/C29H34N4O5S/c1-22-10-12-25(13-11-22)39(36,37)33-17-15-32(16-18-33)21-23-6-5-7-24(20-23)28(34)31-27-9-4-3-8-26(27)29(35)30-14-19-38-2/h3-13,20H,14-19,21H2,1-2H3,(H,30,35)(H,31,34). The van der Waals surface area contributed by atoms with Gasteiger partial charge in [0.05, 0.1) is 22.8 Å². The second kappa shape index (κ2) is 13.0. The topological polar surface area (TPSA) is 108 Å². The maximum absolute atomic E-state index is 13.1. The van der Waals surface area contributed by atoms with Gasteiger partial charge in [-0.05, 0) is 48.9 Å².